The van der Waals surface area contributed by atoms with Crippen LogP contribution in [0.3, 0.4) is 0 Å². The Labute approximate surface area is 70.7 Å². The fourth-order valence-corrected chi connectivity index (χ4v) is 0.609. The molecule has 0 rings (SSSR count). The van der Waals surface area contributed by atoms with Crippen LogP contribution in [0.5, 0.6) is 0 Å². The summed E-state index contributed by atoms with van der Waals surface area (Å²) < 4.78 is 6.88. The summed E-state index contributed by atoms with van der Waals surface area (Å²) in [5.74, 6) is 0. The summed E-state index contributed by atoms with van der Waals surface area (Å²) in [4.78, 5) is 0. The molecule has 0 aliphatic heterocycles. The first-order chi connectivity index (χ1) is 5.86. The first-order valence-electron chi connectivity index (χ1n) is 3.85. The van der Waals surface area contributed by atoms with Gasteiger partial charge in [0.05, 0.1) is 14.6 Å². The van der Waals surface area contributed by atoms with E-state index in [9.17, 15) is 0 Å². The highest BCUT2D eigenvalue weighted by Gasteiger charge is 2.29. The summed E-state index contributed by atoms with van der Waals surface area (Å²) >= 11 is 0. The second-order valence-electron chi connectivity index (χ2n) is 2.33. The molecule has 0 fully saturated rings. The molecule has 6 N–H and O–H groups in total. The van der Waals surface area contributed by atoms with Gasteiger partial charge in [-0.2, -0.15) is 0 Å². The van der Waals surface area contributed by atoms with Crippen molar-refractivity contribution in [3.05, 3.63) is 0 Å². The van der Waals surface area contributed by atoms with E-state index in [1.807, 2.05) is 0 Å². The summed E-state index contributed by atoms with van der Waals surface area (Å²) in [6, 6.07) is 0. The minimum absolute atomic E-state index is 0.820. The second kappa shape index (κ2) is 5.41. The van der Waals surface area contributed by atoms with Crippen LogP contribution in [0.1, 0.15) is 1.37 Å². The quantitative estimate of drug-likeness (QED) is 0.262. The van der Waals surface area contributed by atoms with Crippen LogP contribution >= 0.6 is 0 Å². The van der Waals surface area contributed by atoms with E-state index in [4.69, 9.17) is 32.0 Å². The van der Waals surface area contributed by atoms with Crippen molar-refractivity contribution in [2.24, 2.45) is 0 Å². The van der Waals surface area contributed by atoms with Gasteiger partial charge in [0.15, 0.2) is 0 Å². The molecule has 0 amide bonds. The molecule has 0 bridgehead atoms. The number of hydrogen-bond acceptors (Lipinski definition) is 6. The third-order valence-electron chi connectivity index (χ3n) is 1.41. The summed E-state index contributed by atoms with van der Waals surface area (Å²) in [6.45, 7) is -1.91. The Balaban J connectivity index is 4.32. The lowest BCUT2D eigenvalue weighted by Gasteiger charge is -2.24. The highest BCUT2D eigenvalue weighted by Crippen LogP contribution is 2.03. The van der Waals surface area contributed by atoms with Crippen LogP contribution in [-0.4, -0.2) is 68.2 Å². The van der Waals surface area contributed by atoms with Crippen LogP contribution in [0.25, 0.3) is 0 Å². The topological polar surface area (TPSA) is 121 Å². The Morgan fingerprint density at radius 3 is 1.75 bits per heavy atom. The molecule has 0 aromatic heterocycles. The van der Waals surface area contributed by atoms with E-state index in [0.29, 0.717) is 0 Å². The Morgan fingerprint density at radius 1 is 0.917 bits per heavy atom. The van der Waals surface area contributed by atoms with Gasteiger partial charge >= 0.3 is 0 Å². The first kappa shape index (κ1) is 9.85. The van der Waals surface area contributed by atoms with Gasteiger partial charge in [0.25, 0.3) is 0 Å². The van der Waals surface area contributed by atoms with Gasteiger partial charge in [-0.1, -0.05) is 0 Å². The molecule has 6 nitrogen and oxygen atoms in total. The minimum Gasteiger partial charge on any atom is -0.394 e. The predicted molar refractivity (Wildman–Crippen MR) is 38.2 cm³/mol. The van der Waals surface area contributed by atoms with E-state index < -0.39 is 37.6 Å². The molecule has 0 heterocycles. The molecule has 0 aromatic carbocycles. The van der Waals surface area contributed by atoms with Gasteiger partial charge in [0.2, 0.25) is 0 Å². The van der Waals surface area contributed by atoms with Crippen LogP contribution < -0.4 is 0 Å². The maximum Gasteiger partial charge on any atom is 0.111 e. The molecule has 0 aliphatic carbocycles. The van der Waals surface area contributed by atoms with Gasteiger partial charge in [0, 0.05) is 0 Å². The Hall–Kier alpha value is -0.240. The fraction of sp³-hybridized carbons (Fsp3) is 1.00. The van der Waals surface area contributed by atoms with E-state index in [1.165, 1.54) is 0 Å². The fourth-order valence-electron chi connectivity index (χ4n) is 0.609. The van der Waals surface area contributed by atoms with E-state index in [2.05, 4.69) is 0 Å². The zero-order chi connectivity index (χ0) is 10.6. The van der Waals surface area contributed by atoms with Gasteiger partial charge < -0.3 is 30.6 Å². The third-order valence-corrected chi connectivity index (χ3v) is 1.41. The molecule has 74 valence electrons. The molecular weight excluding hydrogens is 168 g/mol. The highest BCUT2D eigenvalue weighted by molar-refractivity contribution is 4.79. The van der Waals surface area contributed by atoms with E-state index >= 15 is 0 Å². The van der Waals surface area contributed by atoms with Crippen LogP contribution in [0.15, 0.2) is 0 Å². The molecule has 0 aliphatic rings. The monoisotopic (exact) mass is 183 g/mol. The normalized spacial score (nSPS) is 25.3. The van der Waals surface area contributed by atoms with Gasteiger partial charge in [-0.3, -0.25) is 0 Å². The van der Waals surface area contributed by atoms with Crippen molar-refractivity contribution in [2.75, 3.05) is 13.2 Å². The second-order valence-corrected chi connectivity index (χ2v) is 2.33. The van der Waals surface area contributed by atoms with Crippen molar-refractivity contribution >= 4 is 0 Å². The Bertz CT molecular complexity index is 152. The third kappa shape index (κ3) is 3.02. The Morgan fingerprint density at radius 2 is 1.42 bits per heavy atom. The molecular formula is C6H14O6. The van der Waals surface area contributed by atoms with E-state index in [0.717, 1.165) is 0 Å². The standard InChI is InChI=1S/C6H14O6/c7-1-3(9)5(11)6(12)4(10)2-8/h3-12H,1-2H2/t3-,4+,5+,6-/i3D/m0/s1. The van der Waals surface area contributed by atoms with Crippen LogP contribution in [0, 0.1) is 0 Å². The average Bonchev–Trinajstić information content (AvgIpc) is 2.14. The smallest absolute Gasteiger partial charge is 0.111 e. The van der Waals surface area contributed by atoms with Gasteiger partial charge in [0.1, 0.15) is 24.4 Å². The van der Waals surface area contributed by atoms with E-state index in [-0.39, 0.29) is 0 Å². The van der Waals surface area contributed by atoms with Crippen molar-refractivity contribution in [1.29, 1.82) is 0 Å². The van der Waals surface area contributed by atoms with Crippen molar-refractivity contribution < 1.29 is 32.0 Å². The zero-order valence-electron chi connectivity index (χ0n) is 7.33. The molecule has 4 atom stereocenters. The van der Waals surface area contributed by atoms with Crippen LogP contribution in [0.4, 0.5) is 0 Å². The highest BCUT2D eigenvalue weighted by atomic mass is 16.4. The lowest BCUT2D eigenvalue weighted by atomic mass is 10.0. The lowest BCUT2D eigenvalue weighted by Crippen LogP contribution is -2.46. The Kier molecular flexibility index (Phi) is 4.44. The first-order valence-corrected chi connectivity index (χ1v) is 3.35. The average molecular weight is 183 g/mol. The molecule has 0 saturated heterocycles. The van der Waals surface area contributed by atoms with Crippen molar-refractivity contribution in [1.82, 2.24) is 0 Å². The van der Waals surface area contributed by atoms with Crippen LogP contribution in [-0.2, 0) is 0 Å². The molecule has 0 aromatic rings. The number of aliphatic hydroxyl groups excluding tert-OH is 5. The van der Waals surface area contributed by atoms with Crippen molar-refractivity contribution in [3.63, 3.8) is 0 Å². The summed E-state index contributed by atoms with van der Waals surface area (Å²) in [7, 11) is 0. The lowest BCUT2D eigenvalue weighted by molar-refractivity contribution is -0.123. The predicted octanol–water partition coefficient (Wildman–Crippen LogP) is -3.59. The molecule has 0 saturated carbocycles. The van der Waals surface area contributed by atoms with E-state index in [1.54, 1.807) is 0 Å². The largest absolute Gasteiger partial charge is 0.394 e. The van der Waals surface area contributed by atoms with Crippen molar-refractivity contribution in [3.8, 4) is 0 Å². The summed E-state index contributed by atoms with van der Waals surface area (Å²) in [5, 5.41) is 52.6. The van der Waals surface area contributed by atoms with Gasteiger partial charge in [-0.05, 0) is 0 Å². The number of hydrogen-bond donors (Lipinski definition) is 6. The van der Waals surface area contributed by atoms with Crippen molar-refractivity contribution in [2.45, 2.75) is 24.4 Å². The molecule has 0 radical (unpaired) electrons. The maximum absolute atomic E-state index is 9.03. The number of rotatable bonds is 5. The van der Waals surface area contributed by atoms with Gasteiger partial charge in [-0.25, -0.2) is 0 Å². The SMILES string of the molecule is [2H][C@](O)(CO)[C@@H](O)[C@@H](O)[C@H](O)CO. The van der Waals surface area contributed by atoms with Crippen LogP contribution in [0.2, 0.25) is 0 Å². The summed E-state index contributed by atoms with van der Waals surface area (Å²) in [5.41, 5.74) is 0. The minimum atomic E-state index is -2.66. The molecule has 6 heteroatoms. The molecule has 12 heavy (non-hydrogen) atoms. The molecule has 0 unspecified atom stereocenters. The molecule has 0 spiro atoms. The maximum atomic E-state index is 9.03. The summed E-state index contributed by atoms with van der Waals surface area (Å²) in [6.07, 6.45) is -8.27. The number of aliphatic hydroxyl groups is 6. The zero-order valence-corrected chi connectivity index (χ0v) is 6.33. The van der Waals surface area contributed by atoms with Gasteiger partial charge in [-0.15, -0.1) is 0 Å².